The largest absolute Gasteiger partial charge is 0.492 e. The molecule has 3 fully saturated rings. The van der Waals surface area contributed by atoms with E-state index in [1.807, 2.05) is 65.8 Å². The highest BCUT2D eigenvalue weighted by atomic mass is 32.1. The SMILES string of the molecule is Cc1ncsc1-c1ccc([C@H](C)NC(=O)[C@@H]2C[C@@H](O)CN2C(=O)[C@@H](NC(=O)C(=O)N2CCN(CCOc3ccc(C(=O)N[C@H]4C(C)(C)[C@H](Oc5ccc(C#N)c(C(F)(F)F)c5)C4(C)C)cc3)CC2)C(C)(C)C)cc1. The second kappa shape index (κ2) is 21.7. The van der Waals surface area contributed by atoms with Gasteiger partial charge in [0.15, 0.2) is 0 Å². The number of likely N-dealkylation sites (tertiary alicyclic amines) is 1. The van der Waals surface area contributed by atoms with Crippen molar-refractivity contribution in [2.75, 3.05) is 45.9 Å². The van der Waals surface area contributed by atoms with Crippen LogP contribution in [0.1, 0.15) is 101 Å². The number of ether oxygens (including phenoxy) is 2. The number of carbonyl (C=O) groups is 5. The van der Waals surface area contributed by atoms with Gasteiger partial charge in [-0.05, 0) is 72.9 Å². The first-order chi connectivity index (χ1) is 34.7. The molecule has 4 N–H and O–H groups in total. The highest BCUT2D eigenvalue weighted by Gasteiger charge is 2.64. The van der Waals surface area contributed by atoms with Gasteiger partial charge in [-0.2, -0.15) is 18.4 Å². The molecule has 3 aliphatic rings. The first kappa shape index (κ1) is 55.2. The molecule has 0 unspecified atom stereocenters. The van der Waals surface area contributed by atoms with Crippen LogP contribution in [-0.2, 0) is 25.4 Å². The molecule has 1 aromatic heterocycles. The van der Waals surface area contributed by atoms with Crippen LogP contribution in [0.25, 0.3) is 10.4 Å². The van der Waals surface area contributed by atoms with Gasteiger partial charge in [-0.3, -0.25) is 28.9 Å². The minimum absolute atomic E-state index is 0.0186. The number of hydrogen-bond acceptors (Lipinski definition) is 12. The smallest absolute Gasteiger partial charge is 0.417 e. The van der Waals surface area contributed by atoms with Crippen molar-refractivity contribution in [1.82, 2.24) is 35.6 Å². The van der Waals surface area contributed by atoms with E-state index in [0.29, 0.717) is 37.6 Å². The molecule has 0 spiro atoms. The number of hydrogen-bond donors (Lipinski definition) is 4. The Labute approximate surface area is 433 Å². The molecule has 396 valence electrons. The second-order valence-electron chi connectivity index (χ2n) is 21.7. The molecule has 2 aliphatic heterocycles. The summed E-state index contributed by atoms with van der Waals surface area (Å²) in [5.74, 6) is -2.56. The molecule has 20 heteroatoms. The minimum atomic E-state index is -4.73. The Morgan fingerprint density at radius 3 is 2.14 bits per heavy atom. The molecule has 0 radical (unpaired) electrons. The Morgan fingerprint density at radius 1 is 0.919 bits per heavy atom. The molecule has 4 aromatic rings. The number of nitrogens with one attached hydrogen (secondary N) is 3. The third-order valence-corrected chi connectivity index (χ3v) is 15.4. The maximum atomic E-state index is 14.2. The van der Waals surface area contributed by atoms with E-state index < -0.39 is 93.6 Å². The number of amides is 5. The number of rotatable bonds is 14. The summed E-state index contributed by atoms with van der Waals surface area (Å²) in [6.07, 6.45) is -6.23. The van der Waals surface area contributed by atoms with Gasteiger partial charge >= 0.3 is 18.0 Å². The van der Waals surface area contributed by atoms with Crippen molar-refractivity contribution < 1.29 is 51.7 Å². The molecule has 2 saturated heterocycles. The minimum Gasteiger partial charge on any atom is -0.492 e. The van der Waals surface area contributed by atoms with Gasteiger partial charge in [-0.25, -0.2) is 4.98 Å². The van der Waals surface area contributed by atoms with Crippen LogP contribution in [0, 0.1) is 34.5 Å². The summed E-state index contributed by atoms with van der Waals surface area (Å²) in [5, 5.41) is 28.6. The Morgan fingerprint density at radius 2 is 1.55 bits per heavy atom. The van der Waals surface area contributed by atoms with Crippen LogP contribution in [0.2, 0.25) is 0 Å². The van der Waals surface area contributed by atoms with Crippen molar-refractivity contribution in [3.63, 3.8) is 0 Å². The fraction of sp³-hybridized carbons (Fsp3) is 0.500. The number of nitriles is 1. The predicted molar refractivity (Wildman–Crippen MR) is 271 cm³/mol. The number of halogens is 3. The highest BCUT2D eigenvalue weighted by molar-refractivity contribution is 7.13. The van der Waals surface area contributed by atoms with E-state index >= 15 is 0 Å². The average molecular weight is 1040 g/mol. The van der Waals surface area contributed by atoms with Crippen LogP contribution in [0.4, 0.5) is 13.2 Å². The number of alkyl halides is 3. The van der Waals surface area contributed by atoms with Gasteiger partial charge in [0, 0.05) is 68.1 Å². The summed E-state index contributed by atoms with van der Waals surface area (Å²) in [6.45, 7) is 18.7. The lowest BCUT2D eigenvalue weighted by atomic mass is 9.49. The van der Waals surface area contributed by atoms with Gasteiger partial charge in [0.2, 0.25) is 11.8 Å². The number of piperazine rings is 1. The zero-order valence-corrected chi connectivity index (χ0v) is 43.9. The van der Waals surface area contributed by atoms with Gasteiger partial charge in [0.25, 0.3) is 5.91 Å². The number of benzene rings is 3. The molecule has 7 rings (SSSR count). The summed E-state index contributed by atoms with van der Waals surface area (Å²) < 4.78 is 52.9. The molecule has 1 saturated carbocycles. The molecule has 3 heterocycles. The fourth-order valence-electron chi connectivity index (χ4n) is 10.6. The number of aliphatic hydroxyl groups is 1. The van der Waals surface area contributed by atoms with Gasteiger partial charge in [-0.15, -0.1) is 11.3 Å². The van der Waals surface area contributed by atoms with E-state index in [4.69, 9.17) is 9.47 Å². The lowest BCUT2D eigenvalue weighted by molar-refractivity contribution is -0.164. The van der Waals surface area contributed by atoms with Crippen molar-refractivity contribution in [2.24, 2.45) is 16.2 Å². The van der Waals surface area contributed by atoms with Gasteiger partial charge < -0.3 is 40.3 Å². The van der Waals surface area contributed by atoms with Crippen molar-refractivity contribution in [3.8, 4) is 28.0 Å². The van der Waals surface area contributed by atoms with E-state index in [-0.39, 0.29) is 37.7 Å². The number of aromatic nitrogens is 1. The molecular formula is C54H65F3N8O8S. The molecule has 1 aliphatic carbocycles. The van der Waals surface area contributed by atoms with Gasteiger partial charge in [0.1, 0.15) is 36.3 Å². The number of carbonyl (C=O) groups excluding carboxylic acids is 5. The lowest BCUT2D eigenvalue weighted by Crippen LogP contribution is -2.74. The quantitative estimate of drug-likeness (QED) is 0.100. The van der Waals surface area contributed by atoms with Crippen LogP contribution in [-0.4, -0.2) is 131 Å². The van der Waals surface area contributed by atoms with Crippen LogP contribution >= 0.6 is 11.3 Å². The Balaban J connectivity index is 0.852. The number of thiazole rings is 1. The first-order valence-corrected chi connectivity index (χ1v) is 25.5. The van der Waals surface area contributed by atoms with E-state index in [1.165, 1.54) is 15.9 Å². The second-order valence-corrected chi connectivity index (χ2v) is 22.5. The van der Waals surface area contributed by atoms with Crippen molar-refractivity contribution in [3.05, 3.63) is 100 Å². The van der Waals surface area contributed by atoms with Crippen LogP contribution < -0.4 is 25.4 Å². The molecule has 5 amide bonds. The molecule has 3 aromatic carbocycles. The van der Waals surface area contributed by atoms with E-state index in [1.54, 1.807) is 68.0 Å². The van der Waals surface area contributed by atoms with Crippen LogP contribution in [0.3, 0.4) is 0 Å². The normalized spacial score (nSPS) is 21.4. The summed E-state index contributed by atoms with van der Waals surface area (Å²) in [6, 6.07) is 16.3. The first-order valence-electron chi connectivity index (χ1n) is 24.6. The average Bonchev–Trinajstić information content (AvgIpc) is 3.98. The third-order valence-electron chi connectivity index (χ3n) is 14.5. The molecule has 74 heavy (non-hydrogen) atoms. The number of aryl methyl sites for hydroxylation is 1. The number of aliphatic hydroxyl groups excluding tert-OH is 1. The molecular weight excluding hydrogens is 978 g/mol. The van der Waals surface area contributed by atoms with Crippen LogP contribution in [0.5, 0.6) is 11.5 Å². The topological polar surface area (TPSA) is 207 Å². The molecule has 16 nitrogen and oxygen atoms in total. The van der Waals surface area contributed by atoms with Crippen molar-refractivity contribution in [2.45, 2.75) is 111 Å². The van der Waals surface area contributed by atoms with E-state index in [9.17, 15) is 47.5 Å². The number of β-amino-alcohol motifs (C(OH)–C–C–N with tert-alkyl or cyclic N) is 1. The fourth-order valence-corrected chi connectivity index (χ4v) is 11.4. The van der Waals surface area contributed by atoms with Crippen molar-refractivity contribution >= 4 is 40.9 Å². The Kier molecular flexibility index (Phi) is 16.2. The molecule has 0 bridgehead atoms. The standard InChI is InChI=1S/C54H65F3N8O8S/c1-31(33-10-12-34(13-11-33)42-32(2)59-30-74-42)60-45(68)41-26-37(66)29-65(41)47(70)43(51(3,4)5)61-46(69)48(71)64-22-20-63(21-23-64)24-25-72-38-17-14-35(15-18-38)44(67)62-49-52(6,7)50(53(49,8)9)73-39-19-16-36(28-58)40(27-39)54(55,56)57/h10-19,27,30-31,37,41,43,49-50,66H,20-26,29H2,1-9H3,(H,60,68)(H,61,69)(H,62,67)/t31-,37+,41-,43+,49-,50-/m0/s1. The van der Waals surface area contributed by atoms with E-state index in [0.717, 1.165) is 33.8 Å². The summed E-state index contributed by atoms with van der Waals surface area (Å²) >= 11 is 1.55. The Bertz CT molecular complexity index is 2750. The summed E-state index contributed by atoms with van der Waals surface area (Å²) in [7, 11) is 0. The summed E-state index contributed by atoms with van der Waals surface area (Å²) in [4.78, 5) is 78.7. The maximum Gasteiger partial charge on any atom is 0.417 e. The summed E-state index contributed by atoms with van der Waals surface area (Å²) in [5.41, 5.74) is 1.21. The predicted octanol–water partition coefficient (Wildman–Crippen LogP) is 6.51. The zero-order valence-electron chi connectivity index (χ0n) is 43.1. The van der Waals surface area contributed by atoms with Crippen molar-refractivity contribution in [1.29, 1.82) is 5.26 Å². The monoisotopic (exact) mass is 1040 g/mol. The Hall–Kier alpha value is -6.56. The van der Waals surface area contributed by atoms with Gasteiger partial charge in [0.05, 0.1) is 45.4 Å². The lowest BCUT2D eigenvalue weighted by Gasteiger charge is -2.63. The third kappa shape index (κ3) is 12.0. The van der Waals surface area contributed by atoms with Crippen LogP contribution in [0.15, 0.2) is 72.2 Å². The zero-order chi connectivity index (χ0) is 54.1. The number of nitrogens with zero attached hydrogens (tertiary/aromatic N) is 5. The van der Waals surface area contributed by atoms with Gasteiger partial charge in [-0.1, -0.05) is 72.7 Å². The maximum absolute atomic E-state index is 14.2. The van der Waals surface area contributed by atoms with E-state index in [2.05, 4.69) is 25.8 Å². The molecule has 4 atom stereocenters. The highest BCUT2D eigenvalue weighted by Crippen LogP contribution is 2.56.